The first-order valence-electron chi connectivity index (χ1n) is 7.90. The molecule has 2 aromatic rings. The maximum Gasteiger partial charge on any atom is 0.0985 e. The minimum Gasteiger partial charge on any atom is -0.303 e. The fraction of sp³-hybridized carbons (Fsp3) is 0.611. The Morgan fingerprint density at radius 3 is 2.14 bits per heavy atom. The van der Waals surface area contributed by atoms with Crippen molar-refractivity contribution in [3.8, 4) is 0 Å². The molecule has 2 atom stereocenters. The second-order valence-corrected chi connectivity index (χ2v) is 9.69. The fourth-order valence-electron chi connectivity index (χ4n) is 2.75. The zero-order valence-corrected chi connectivity index (χ0v) is 16.6. The van der Waals surface area contributed by atoms with Gasteiger partial charge in [-0.25, -0.2) is 4.98 Å². The Bertz CT molecular complexity index is 647. The Labute approximate surface area is 143 Å². The second kappa shape index (κ2) is 6.42. The number of rotatable bonds is 4. The third-order valence-corrected chi connectivity index (χ3v) is 6.66. The van der Waals surface area contributed by atoms with Gasteiger partial charge in [0.1, 0.15) is 0 Å². The Morgan fingerprint density at radius 1 is 1.05 bits per heavy atom. The average Bonchev–Trinajstić information content (AvgIpc) is 2.91. The lowest BCUT2D eigenvalue weighted by atomic mass is 9.98. The first-order valence-corrected chi connectivity index (χ1v) is 9.53. The van der Waals surface area contributed by atoms with E-state index in [2.05, 4.69) is 66.8 Å². The molecule has 2 aromatic heterocycles. The molecule has 0 aliphatic rings. The summed E-state index contributed by atoms with van der Waals surface area (Å²) in [5.41, 5.74) is 2.72. The van der Waals surface area contributed by atoms with Gasteiger partial charge in [0.05, 0.1) is 10.7 Å². The van der Waals surface area contributed by atoms with E-state index >= 15 is 0 Å². The highest BCUT2D eigenvalue weighted by Crippen LogP contribution is 2.34. The van der Waals surface area contributed by atoms with Gasteiger partial charge >= 0.3 is 0 Å². The molecular formula is C18H28N2S2. The largest absolute Gasteiger partial charge is 0.303 e. The molecule has 0 radical (unpaired) electrons. The van der Waals surface area contributed by atoms with Crippen LogP contribution < -0.4 is 5.32 Å². The SMILES string of the molecule is Cc1cc(C(C)NC(C)c2sc(C(C)(C)C)nc2C)c(C)s1. The van der Waals surface area contributed by atoms with E-state index in [1.165, 1.54) is 30.9 Å². The molecule has 0 aromatic carbocycles. The van der Waals surface area contributed by atoms with E-state index in [0.29, 0.717) is 12.1 Å². The lowest BCUT2D eigenvalue weighted by Crippen LogP contribution is -2.22. The van der Waals surface area contributed by atoms with Crippen LogP contribution in [0.2, 0.25) is 0 Å². The first kappa shape index (κ1) is 17.6. The first-order chi connectivity index (χ1) is 10.1. The van der Waals surface area contributed by atoms with Crippen molar-refractivity contribution in [3.05, 3.63) is 37.0 Å². The van der Waals surface area contributed by atoms with Crippen molar-refractivity contribution >= 4 is 22.7 Å². The Hall–Kier alpha value is -0.710. The summed E-state index contributed by atoms with van der Waals surface area (Å²) < 4.78 is 0. The molecule has 2 heterocycles. The molecule has 0 saturated carbocycles. The minimum absolute atomic E-state index is 0.125. The molecule has 22 heavy (non-hydrogen) atoms. The van der Waals surface area contributed by atoms with Gasteiger partial charge in [0.2, 0.25) is 0 Å². The molecule has 2 unspecified atom stereocenters. The van der Waals surface area contributed by atoms with Crippen molar-refractivity contribution in [2.24, 2.45) is 0 Å². The summed E-state index contributed by atoms with van der Waals surface area (Å²) >= 11 is 3.73. The standard InChI is InChI=1S/C18H28N2S2/c1-10-9-15(14(5)21-10)11(2)19-12(3)16-13(4)20-17(22-16)18(6,7)8/h9,11-12,19H,1-8H3. The molecule has 122 valence electrons. The highest BCUT2D eigenvalue weighted by Gasteiger charge is 2.23. The molecule has 1 N–H and O–H groups in total. The normalized spacial score (nSPS) is 15.1. The van der Waals surface area contributed by atoms with Gasteiger partial charge in [-0.15, -0.1) is 22.7 Å². The highest BCUT2D eigenvalue weighted by molar-refractivity contribution is 7.12. The van der Waals surface area contributed by atoms with Crippen molar-refractivity contribution in [3.63, 3.8) is 0 Å². The van der Waals surface area contributed by atoms with Crippen LogP contribution in [0.4, 0.5) is 0 Å². The van der Waals surface area contributed by atoms with Gasteiger partial charge in [0, 0.05) is 32.1 Å². The molecule has 0 fully saturated rings. The number of aryl methyl sites for hydroxylation is 3. The maximum atomic E-state index is 4.79. The zero-order chi connectivity index (χ0) is 16.7. The molecule has 2 rings (SSSR count). The minimum atomic E-state index is 0.125. The number of nitrogens with zero attached hydrogens (tertiary/aromatic N) is 1. The van der Waals surface area contributed by atoms with Gasteiger partial charge in [-0.2, -0.15) is 0 Å². The van der Waals surface area contributed by atoms with Crippen LogP contribution in [0, 0.1) is 20.8 Å². The van der Waals surface area contributed by atoms with E-state index in [-0.39, 0.29) is 5.41 Å². The molecule has 0 aliphatic heterocycles. The third kappa shape index (κ3) is 3.79. The lowest BCUT2D eigenvalue weighted by molar-refractivity contribution is 0.497. The third-order valence-electron chi connectivity index (χ3n) is 3.91. The monoisotopic (exact) mass is 336 g/mol. The molecule has 0 bridgehead atoms. The molecule has 0 saturated heterocycles. The van der Waals surface area contributed by atoms with Gasteiger partial charge in [-0.3, -0.25) is 0 Å². The Kier molecular flexibility index (Phi) is 5.15. The zero-order valence-electron chi connectivity index (χ0n) is 15.0. The van der Waals surface area contributed by atoms with Crippen LogP contribution in [0.1, 0.15) is 77.6 Å². The Balaban J connectivity index is 2.17. The number of nitrogens with one attached hydrogen (secondary N) is 1. The summed E-state index contributed by atoms with van der Waals surface area (Å²) in [5, 5.41) is 4.98. The van der Waals surface area contributed by atoms with Gasteiger partial charge in [0.15, 0.2) is 0 Å². The number of aromatic nitrogens is 1. The van der Waals surface area contributed by atoms with E-state index in [0.717, 1.165) is 0 Å². The molecular weight excluding hydrogens is 308 g/mol. The van der Waals surface area contributed by atoms with E-state index in [4.69, 9.17) is 4.98 Å². The van der Waals surface area contributed by atoms with Crippen molar-refractivity contribution in [1.82, 2.24) is 10.3 Å². The van der Waals surface area contributed by atoms with E-state index in [9.17, 15) is 0 Å². The summed E-state index contributed by atoms with van der Waals surface area (Å²) in [7, 11) is 0. The molecule has 0 spiro atoms. The number of hydrogen-bond acceptors (Lipinski definition) is 4. The van der Waals surface area contributed by atoms with Crippen LogP contribution in [-0.4, -0.2) is 4.98 Å². The van der Waals surface area contributed by atoms with Crippen LogP contribution >= 0.6 is 22.7 Å². The van der Waals surface area contributed by atoms with Crippen molar-refractivity contribution in [2.75, 3.05) is 0 Å². The van der Waals surface area contributed by atoms with E-state index < -0.39 is 0 Å². The number of thiophene rings is 1. The van der Waals surface area contributed by atoms with Gasteiger partial charge < -0.3 is 5.32 Å². The lowest BCUT2D eigenvalue weighted by Gasteiger charge is -2.20. The summed E-state index contributed by atoms with van der Waals surface area (Å²) in [5.74, 6) is 0. The van der Waals surface area contributed by atoms with Gasteiger partial charge in [-0.1, -0.05) is 20.8 Å². The molecule has 0 amide bonds. The van der Waals surface area contributed by atoms with Crippen LogP contribution in [0.15, 0.2) is 6.07 Å². The molecule has 2 nitrogen and oxygen atoms in total. The van der Waals surface area contributed by atoms with Crippen molar-refractivity contribution < 1.29 is 0 Å². The second-order valence-electron chi connectivity index (χ2n) is 7.20. The quantitative estimate of drug-likeness (QED) is 0.758. The Morgan fingerprint density at radius 2 is 1.68 bits per heavy atom. The summed E-state index contributed by atoms with van der Waals surface area (Å²) in [6.07, 6.45) is 0. The fourth-order valence-corrected chi connectivity index (χ4v) is 4.91. The average molecular weight is 337 g/mol. The van der Waals surface area contributed by atoms with Crippen LogP contribution in [-0.2, 0) is 5.41 Å². The van der Waals surface area contributed by atoms with Crippen LogP contribution in [0.3, 0.4) is 0 Å². The van der Waals surface area contributed by atoms with E-state index in [1.54, 1.807) is 0 Å². The van der Waals surface area contributed by atoms with Crippen LogP contribution in [0.25, 0.3) is 0 Å². The smallest absolute Gasteiger partial charge is 0.0985 e. The van der Waals surface area contributed by atoms with Gasteiger partial charge in [0.25, 0.3) is 0 Å². The molecule has 4 heteroatoms. The van der Waals surface area contributed by atoms with Gasteiger partial charge in [-0.05, 0) is 46.2 Å². The van der Waals surface area contributed by atoms with E-state index in [1.807, 2.05) is 22.7 Å². The summed E-state index contributed by atoms with van der Waals surface area (Å²) in [4.78, 5) is 8.95. The summed E-state index contributed by atoms with van der Waals surface area (Å²) in [6, 6.07) is 2.99. The predicted octanol–water partition coefficient (Wildman–Crippen LogP) is 5.84. The van der Waals surface area contributed by atoms with Crippen molar-refractivity contribution in [2.45, 2.75) is 72.9 Å². The number of hydrogen-bond donors (Lipinski definition) is 1. The summed E-state index contributed by atoms with van der Waals surface area (Å²) in [6.45, 7) is 17.7. The van der Waals surface area contributed by atoms with Crippen molar-refractivity contribution in [1.29, 1.82) is 0 Å². The topological polar surface area (TPSA) is 24.9 Å². The number of thiazole rings is 1. The highest BCUT2D eigenvalue weighted by atomic mass is 32.1. The molecule has 0 aliphatic carbocycles. The predicted molar refractivity (Wildman–Crippen MR) is 99.3 cm³/mol. The maximum absolute atomic E-state index is 4.79. The van der Waals surface area contributed by atoms with Crippen LogP contribution in [0.5, 0.6) is 0 Å².